The van der Waals surface area contributed by atoms with E-state index in [1.165, 1.54) is 67.7 Å². The molecule has 0 N–H and O–H groups in total. The molecule has 0 unspecified atom stereocenters. The van der Waals surface area contributed by atoms with Crippen LogP contribution in [0, 0.1) is 6.92 Å². The second-order valence-corrected chi connectivity index (χ2v) is 9.72. The van der Waals surface area contributed by atoms with E-state index in [4.69, 9.17) is 9.47 Å². The molecule has 2 aliphatic rings. The summed E-state index contributed by atoms with van der Waals surface area (Å²) in [5.74, 6) is -3.15. The molecule has 0 saturated heterocycles. The fourth-order valence-corrected chi connectivity index (χ4v) is 4.69. The van der Waals surface area contributed by atoms with Crippen molar-refractivity contribution in [2.24, 2.45) is 0 Å². The van der Waals surface area contributed by atoms with Gasteiger partial charge in [-0.25, -0.2) is 14.5 Å². The number of rotatable bonds is 5. The Kier molecular flexibility index (Phi) is 6.23. The Morgan fingerprint density at radius 3 is 1.50 bits per heavy atom. The van der Waals surface area contributed by atoms with Crippen LogP contribution in [0.4, 0.5) is 5.69 Å². The van der Waals surface area contributed by atoms with Crippen LogP contribution in [-0.4, -0.2) is 47.5 Å². The number of benzene rings is 4. The first kappa shape index (κ1) is 26.3. The second kappa shape index (κ2) is 9.93. The number of nitrogens with zero attached hydrogens (tertiary/aromatic N) is 2. The van der Waals surface area contributed by atoms with Crippen LogP contribution in [0.5, 0.6) is 11.5 Å². The van der Waals surface area contributed by atoms with Gasteiger partial charge in [0.15, 0.2) is 0 Å². The van der Waals surface area contributed by atoms with Crippen molar-refractivity contribution >= 4 is 41.3 Å². The molecule has 0 radical (unpaired) electrons. The van der Waals surface area contributed by atoms with Crippen molar-refractivity contribution in [2.45, 2.75) is 6.92 Å². The summed E-state index contributed by atoms with van der Waals surface area (Å²) in [5, 5.41) is 0. The Labute approximate surface area is 238 Å². The normalized spacial score (nSPS) is 13.8. The van der Waals surface area contributed by atoms with E-state index in [2.05, 4.69) is 0 Å². The zero-order valence-corrected chi connectivity index (χ0v) is 22.2. The van der Waals surface area contributed by atoms with E-state index in [1.807, 2.05) is 6.92 Å². The third-order valence-corrected chi connectivity index (χ3v) is 6.98. The maximum atomic E-state index is 13.0. The highest BCUT2D eigenvalue weighted by Gasteiger charge is 2.37. The van der Waals surface area contributed by atoms with Crippen LogP contribution in [0.1, 0.15) is 67.7 Å². The van der Waals surface area contributed by atoms with E-state index >= 15 is 0 Å². The highest BCUT2D eigenvalue weighted by Crippen LogP contribution is 2.30. The van der Waals surface area contributed by atoms with Crippen molar-refractivity contribution < 1.29 is 38.2 Å². The van der Waals surface area contributed by atoms with Gasteiger partial charge in [0.25, 0.3) is 23.6 Å². The van der Waals surface area contributed by atoms with Gasteiger partial charge in [0.05, 0.1) is 39.1 Å². The van der Waals surface area contributed by atoms with Gasteiger partial charge in [0.1, 0.15) is 11.5 Å². The maximum absolute atomic E-state index is 13.0. The van der Waals surface area contributed by atoms with Crippen LogP contribution in [0.3, 0.4) is 0 Å². The van der Waals surface area contributed by atoms with E-state index < -0.39 is 35.6 Å². The molecule has 206 valence electrons. The van der Waals surface area contributed by atoms with Gasteiger partial charge in [-0.1, -0.05) is 17.7 Å². The summed E-state index contributed by atoms with van der Waals surface area (Å²) >= 11 is 0. The van der Waals surface area contributed by atoms with Gasteiger partial charge in [0.2, 0.25) is 0 Å². The van der Waals surface area contributed by atoms with Crippen molar-refractivity contribution in [1.82, 2.24) is 4.90 Å². The Hall–Kier alpha value is -5.90. The number of carbonyl (C=O) groups is 6. The summed E-state index contributed by atoms with van der Waals surface area (Å²) in [4.78, 5) is 77.7. The minimum absolute atomic E-state index is 0.0754. The minimum Gasteiger partial charge on any atom is -0.423 e. The number of hydrogen-bond donors (Lipinski definition) is 0. The lowest BCUT2D eigenvalue weighted by Gasteiger charge is -2.13. The lowest BCUT2D eigenvalue weighted by atomic mass is 10.1. The topological polar surface area (TPSA) is 127 Å². The largest absolute Gasteiger partial charge is 0.423 e. The summed E-state index contributed by atoms with van der Waals surface area (Å²) in [6, 6.07) is 20.9. The smallest absolute Gasteiger partial charge is 0.343 e. The first-order valence-corrected chi connectivity index (χ1v) is 12.7. The summed E-state index contributed by atoms with van der Waals surface area (Å²) in [5.41, 5.74) is 2.21. The first-order chi connectivity index (χ1) is 20.1. The van der Waals surface area contributed by atoms with Crippen LogP contribution in [0.25, 0.3) is 0 Å². The molecule has 4 amide bonds. The third-order valence-electron chi connectivity index (χ3n) is 6.98. The number of aryl methyl sites for hydroxylation is 1. The number of esters is 2. The highest BCUT2D eigenvalue weighted by molar-refractivity contribution is 6.34. The van der Waals surface area contributed by atoms with Crippen molar-refractivity contribution in [3.8, 4) is 11.5 Å². The lowest BCUT2D eigenvalue weighted by molar-refractivity contribution is 0.0688. The molecule has 0 aliphatic carbocycles. The van der Waals surface area contributed by atoms with Crippen LogP contribution < -0.4 is 14.4 Å². The van der Waals surface area contributed by atoms with Gasteiger partial charge in [-0.05, 0) is 79.7 Å². The van der Waals surface area contributed by atoms with Crippen LogP contribution in [0.15, 0.2) is 84.9 Å². The third kappa shape index (κ3) is 4.40. The molecule has 0 bridgehead atoms. The number of anilines is 1. The fraction of sp³-hybridized carbons (Fsp3) is 0.0625. The van der Waals surface area contributed by atoms with Gasteiger partial charge in [-0.2, -0.15) is 0 Å². The molecule has 42 heavy (non-hydrogen) atoms. The zero-order chi connectivity index (χ0) is 29.7. The standard InChI is InChI=1S/C32H20N2O8/c1-17-3-7-20(8-4-17)34-29(37)24-14-6-19(16-26(24)30(34)38)32(40)42-22-11-9-21(10-12-22)41-31(39)18-5-13-23-25(15-18)28(36)33(2)27(23)35/h3-16H,1-2H3. The average molecular weight is 561 g/mol. The molecular weight excluding hydrogens is 540 g/mol. The van der Waals surface area contributed by atoms with E-state index in [0.29, 0.717) is 5.69 Å². The fourth-order valence-electron chi connectivity index (χ4n) is 4.69. The first-order valence-electron chi connectivity index (χ1n) is 12.7. The number of ether oxygens (including phenoxy) is 2. The lowest BCUT2D eigenvalue weighted by Crippen LogP contribution is -2.29. The molecule has 2 aliphatic heterocycles. The van der Waals surface area contributed by atoms with E-state index in [0.717, 1.165) is 15.4 Å². The average Bonchev–Trinajstić information content (AvgIpc) is 3.37. The minimum atomic E-state index is -0.751. The van der Waals surface area contributed by atoms with E-state index in [-0.39, 0.29) is 44.9 Å². The molecule has 4 aromatic carbocycles. The van der Waals surface area contributed by atoms with E-state index in [1.54, 1.807) is 24.3 Å². The Morgan fingerprint density at radius 1 is 0.548 bits per heavy atom. The monoisotopic (exact) mass is 560 g/mol. The van der Waals surface area contributed by atoms with Gasteiger partial charge in [0, 0.05) is 7.05 Å². The predicted molar refractivity (Wildman–Crippen MR) is 148 cm³/mol. The molecule has 4 aromatic rings. The molecule has 2 heterocycles. The number of fused-ring (bicyclic) bond motifs is 2. The molecule has 10 nitrogen and oxygen atoms in total. The van der Waals surface area contributed by atoms with Gasteiger partial charge < -0.3 is 9.47 Å². The number of amides is 4. The number of hydrogen-bond acceptors (Lipinski definition) is 8. The summed E-state index contributed by atoms with van der Waals surface area (Å²) in [6.45, 7) is 1.90. The Balaban J connectivity index is 1.13. The molecule has 0 fully saturated rings. The molecule has 6 rings (SSSR count). The zero-order valence-electron chi connectivity index (χ0n) is 22.2. The van der Waals surface area contributed by atoms with Gasteiger partial charge >= 0.3 is 11.9 Å². The highest BCUT2D eigenvalue weighted by atomic mass is 16.5. The predicted octanol–water partition coefficient (Wildman–Crippen LogP) is 4.46. The molecule has 0 spiro atoms. The molecule has 0 aromatic heterocycles. The van der Waals surface area contributed by atoms with E-state index in [9.17, 15) is 28.8 Å². The van der Waals surface area contributed by atoms with Crippen LogP contribution in [-0.2, 0) is 0 Å². The van der Waals surface area contributed by atoms with Crippen molar-refractivity contribution in [2.75, 3.05) is 11.9 Å². The Bertz CT molecular complexity index is 1860. The van der Waals surface area contributed by atoms with Crippen molar-refractivity contribution in [1.29, 1.82) is 0 Å². The molecule has 0 saturated carbocycles. The second-order valence-electron chi connectivity index (χ2n) is 9.72. The summed E-state index contributed by atoms with van der Waals surface area (Å²) in [7, 11) is 1.36. The van der Waals surface area contributed by atoms with Gasteiger partial charge in [-0.15, -0.1) is 0 Å². The quantitative estimate of drug-likeness (QED) is 0.199. The number of carbonyl (C=O) groups excluding carboxylic acids is 6. The van der Waals surface area contributed by atoms with Crippen molar-refractivity contribution in [3.05, 3.63) is 124 Å². The molecule has 0 atom stereocenters. The van der Waals surface area contributed by atoms with Crippen LogP contribution >= 0.6 is 0 Å². The summed E-state index contributed by atoms with van der Waals surface area (Å²) in [6.07, 6.45) is 0. The SMILES string of the molecule is Cc1ccc(N2C(=O)c3ccc(C(=O)Oc4ccc(OC(=O)c5ccc6c(c5)C(=O)N(C)C6=O)cc4)cc3C2=O)cc1. The number of imide groups is 2. The molecular formula is C32H20N2O8. The maximum Gasteiger partial charge on any atom is 0.343 e. The molecule has 10 heteroatoms. The van der Waals surface area contributed by atoms with Crippen molar-refractivity contribution in [3.63, 3.8) is 0 Å². The Morgan fingerprint density at radius 2 is 0.976 bits per heavy atom. The van der Waals surface area contributed by atoms with Crippen LogP contribution in [0.2, 0.25) is 0 Å². The summed E-state index contributed by atoms with van der Waals surface area (Å²) < 4.78 is 10.8. The van der Waals surface area contributed by atoms with Gasteiger partial charge in [-0.3, -0.25) is 24.1 Å².